The van der Waals surface area contributed by atoms with Gasteiger partial charge in [-0.2, -0.15) is 0 Å². The van der Waals surface area contributed by atoms with Gasteiger partial charge in [0.25, 0.3) is 0 Å². The summed E-state index contributed by atoms with van der Waals surface area (Å²) in [6.45, 7) is 7.22. The Bertz CT molecular complexity index is 168. The van der Waals surface area contributed by atoms with Crippen LogP contribution in [0.3, 0.4) is 0 Å². The molecule has 0 amide bonds. The van der Waals surface area contributed by atoms with Crippen molar-refractivity contribution in [3.05, 3.63) is 0 Å². The van der Waals surface area contributed by atoms with Crippen LogP contribution in [0.2, 0.25) is 0 Å². The van der Waals surface area contributed by atoms with Gasteiger partial charge in [-0.15, -0.1) is 0 Å². The van der Waals surface area contributed by atoms with Crippen molar-refractivity contribution in [1.82, 2.24) is 0 Å². The van der Waals surface area contributed by atoms with Crippen molar-refractivity contribution < 1.29 is 0 Å². The molecule has 0 heteroatoms. The van der Waals surface area contributed by atoms with Gasteiger partial charge in [0.05, 0.1) is 0 Å². The maximum atomic E-state index is 2.42. The lowest BCUT2D eigenvalue weighted by Crippen LogP contribution is -2.32. The Balaban J connectivity index is 1.95. The van der Waals surface area contributed by atoms with Gasteiger partial charge in [0.2, 0.25) is 0 Å². The molecule has 0 heterocycles. The van der Waals surface area contributed by atoms with Crippen molar-refractivity contribution in [2.24, 2.45) is 29.6 Å². The molecule has 0 nitrogen and oxygen atoms in total. The van der Waals surface area contributed by atoms with Gasteiger partial charge < -0.3 is 0 Å². The summed E-state index contributed by atoms with van der Waals surface area (Å²) in [7, 11) is 0. The van der Waals surface area contributed by atoms with Gasteiger partial charge in [0, 0.05) is 0 Å². The van der Waals surface area contributed by atoms with E-state index in [-0.39, 0.29) is 0 Å². The smallest absolute Gasteiger partial charge is 0.0386 e. The van der Waals surface area contributed by atoms with Crippen molar-refractivity contribution in [2.45, 2.75) is 59.3 Å². The molecule has 2 bridgehead atoms. The summed E-state index contributed by atoms with van der Waals surface area (Å²) in [5, 5.41) is 0. The van der Waals surface area contributed by atoms with Crippen molar-refractivity contribution in [3.8, 4) is 0 Å². The Labute approximate surface area is 89.5 Å². The molecule has 2 aliphatic rings. The fourth-order valence-electron chi connectivity index (χ4n) is 3.92. The average Bonchev–Trinajstić information content (AvgIpc) is 2.16. The van der Waals surface area contributed by atoms with Gasteiger partial charge in [-0.1, -0.05) is 27.2 Å². The second-order valence-corrected chi connectivity index (χ2v) is 6.19. The summed E-state index contributed by atoms with van der Waals surface area (Å²) < 4.78 is 0. The van der Waals surface area contributed by atoms with Crippen LogP contribution in [0, 0.1) is 29.6 Å². The van der Waals surface area contributed by atoms with Crippen LogP contribution in [0.5, 0.6) is 0 Å². The number of rotatable bonds is 2. The SMILES string of the molecule is CCC1C[C@@H]2CC(C(C)C)C[C@H](C1)C2. The van der Waals surface area contributed by atoms with Crippen LogP contribution >= 0.6 is 0 Å². The van der Waals surface area contributed by atoms with E-state index in [0.29, 0.717) is 0 Å². The Hall–Kier alpha value is 0. The molecule has 0 radical (unpaired) electrons. The van der Waals surface area contributed by atoms with Gasteiger partial charge in [0.15, 0.2) is 0 Å². The van der Waals surface area contributed by atoms with E-state index in [9.17, 15) is 0 Å². The van der Waals surface area contributed by atoms with Crippen LogP contribution in [0.15, 0.2) is 0 Å². The van der Waals surface area contributed by atoms with E-state index < -0.39 is 0 Å². The molecule has 2 saturated carbocycles. The minimum Gasteiger partial charge on any atom is -0.0651 e. The Morgan fingerprint density at radius 3 is 1.93 bits per heavy atom. The number of fused-ring (bicyclic) bond motifs is 2. The first-order valence-electron chi connectivity index (χ1n) is 6.69. The molecular formula is C14H26. The Morgan fingerprint density at radius 2 is 1.50 bits per heavy atom. The van der Waals surface area contributed by atoms with Gasteiger partial charge in [-0.25, -0.2) is 0 Å². The molecule has 0 N–H and O–H groups in total. The van der Waals surface area contributed by atoms with Gasteiger partial charge in [-0.3, -0.25) is 0 Å². The molecule has 2 rings (SSSR count). The summed E-state index contributed by atoms with van der Waals surface area (Å²) in [5.74, 6) is 5.25. The second-order valence-electron chi connectivity index (χ2n) is 6.19. The molecule has 2 unspecified atom stereocenters. The third-order valence-electron chi connectivity index (χ3n) is 4.79. The highest BCUT2D eigenvalue weighted by Crippen LogP contribution is 2.47. The quantitative estimate of drug-likeness (QED) is 0.607. The van der Waals surface area contributed by atoms with Gasteiger partial charge in [0.1, 0.15) is 0 Å². The van der Waals surface area contributed by atoms with Crippen molar-refractivity contribution in [1.29, 1.82) is 0 Å². The molecule has 0 aliphatic heterocycles. The monoisotopic (exact) mass is 194 g/mol. The predicted molar refractivity (Wildman–Crippen MR) is 62.2 cm³/mol. The predicted octanol–water partition coefficient (Wildman–Crippen LogP) is 4.49. The summed E-state index contributed by atoms with van der Waals surface area (Å²) in [5.41, 5.74) is 0. The van der Waals surface area contributed by atoms with Gasteiger partial charge >= 0.3 is 0 Å². The molecule has 2 fully saturated rings. The number of hydrogen-bond donors (Lipinski definition) is 0. The standard InChI is InChI=1S/C14H26/c1-4-11-5-12-7-13(6-11)9-14(8-12)10(2)3/h10-14H,4-9H2,1-3H3/t11?,12-,13+,14?. The minimum atomic E-state index is 0.929. The molecular weight excluding hydrogens is 168 g/mol. The van der Waals surface area contributed by atoms with Crippen LogP contribution < -0.4 is 0 Å². The van der Waals surface area contributed by atoms with Crippen LogP contribution in [0.25, 0.3) is 0 Å². The maximum absolute atomic E-state index is 2.42. The van der Waals surface area contributed by atoms with E-state index in [1.807, 2.05) is 0 Å². The zero-order valence-corrected chi connectivity index (χ0v) is 10.1. The third-order valence-corrected chi connectivity index (χ3v) is 4.79. The zero-order valence-electron chi connectivity index (χ0n) is 10.1. The zero-order chi connectivity index (χ0) is 10.1. The number of hydrogen-bond acceptors (Lipinski definition) is 0. The highest BCUT2D eigenvalue weighted by molar-refractivity contribution is 4.87. The molecule has 0 saturated heterocycles. The van der Waals surface area contributed by atoms with E-state index in [4.69, 9.17) is 0 Å². The normalized spacial score (nSPS) is 42.9. The topological polar surface area (TPSA) is 0 Å². The molecule has 0 spiro atoms. The average molecular weight is 194 g/mol. The van der Waals surface area contributed by atoms with Crippen LogP contribution in [0.4, 0.5) is 0 Å². The maximum Gasteiger partial charge on any atom is -0.0386 e. The molecule has 0 aromatic carbocycles. The first kappa shape index (κ1) is 10.5. The first-order valence-corrected chi connectivity index (χ1v) is 6.69. The third kappa shape index (κ3) is 2.15. The van der Waals surface area contributed by atoms with Crippen molar-refractivity contribution >= 4 is 0 Å². The largest absolute Gasteiger partial charge is 0.0651 e. The van der Waals surface area contributed by atoms with Crippen LogP contribution in [0.1, 0.15) is 59.3 Å². The molecule has 82 valence electrons. The molecule has 4 atom stereocenters. The van der Waals surface area contributed by atoms with E-state index in [1.54, 1.807) is 32.1 Å². The highest BCUT2D eigenvalue weighted by atomic mass is 14.4. The molecule has 14 heavy (non-hydrogen) atoms. The van der Waals surface area contributed by atoms with Crippen molar-refractivity contribution in [3.63, 3.8) is 0 Å². The van der Waals surface area contributed by atoms with E-state index in [1.165, 1.54) is 6.42 Å². The summed E-state index contributed by atoms with van der Waals surface area (Å²) in [4.78, 5) is 0. The lowest BCUT2D eigenvalue weighted by Gasteiger charge is -2.43. The molecule has 0 aromatic heterocycles. The summed E-state index contributed by atoms with van der Waals surface area (Å²) in [6, 6.07) is 0. The van der Waals surface area contributed by atoms with Crippen LogP contribution in [-0.2, 0) is 0 Å². The van der Waals surface area contributed by atoms with E-state index >= 15 is 0 Å². The fourth-order valence-corrected chi connectivity index (χ4v) is 3.92. The Kier molecular flexibility index (Phi) is 3.19. The minimum absolute atomic E-state index is 0.929. The second kappa shape index (κ2) is 4.24. The molecule has 2 aliphatic carbocycles. The first-order chi connectivity index (χ1) is 6.69. The van der Waals surface area contributed by atoms with E-state index in [0.717, 1.165) is 29.6 Å². The van der Waals surface area contributed by atoms with Crippen molar-refractivity contribution in [2.75, 3.05) is 0 Å². The fraction of sp³-hybridized carbons (Fsp3) is 1.00. The lowest BCUT2D eigenvalue weighted by molar-refractivity contribution is 0.0763. The summed E-state index contributed by atoms with van der Waals surface area (Å²) in [6.07, 6.45) is 9.20. The Morgan fingerprint density at radius 1 is 0.929 bits per heavy atom. The summed E-state index contributed by atoms with van der Waals surface area (Å²) >= 11 is 0. The van der Waals surface area contributed by atoms with E-state index in [2.05, 4.69) is 20.8 Å². The highest BCUT2D eigenvalue weighted by Gasteiger charge is 2.36. The van der Waals surface area contributed by atoms with Gasteiger partial charge in [-0.05, 0) is 61.7 Å². The van der Waals surface area contributed by atoms with Crippen LogP contribution in [-0.4, -0.2) is 0 Å². The molecule has 0 aromatic rings. The lowest BCUT2D eigenvalue weighted by atomic mass is 9.62.